The molecule has 0 radical (unpaired) electrons. The van der Waals surface area contributed by atoms with E-state index in [0.29, 0.717) is 26.2 Å². The number of nitrogens with zero attached hydrogens (tertiary/aromatic N) is 1. The van der Waals surface area contributed by atoms with Crippen molar-refractivity contribution in [2.45, 2.75) is 32.0 Å². The lowest BCUT2D eigenvalue weighted by Gasteiger charge is -2.41. The lowest BCUT2D eigenvalue weighted by atomic mass is 10.0. The van der Waals surface area contributed by atoms with Gasteiger partial charge in [0.05, 0.1) is 26.3 Å². The van der Waals surface area contributed by atoms with E-state index < -0.39 is 11.2 Å². The smallest absolute Gasteiger partial charge is 0.410 e. The maximum Gasteiger partial charge on any atom is 0.410 e. The summed E-state index contributed by atoms with van der Waals surface area (Å²) in [6.07, 6.45) is -0.365. The molecule has 1 N–H and O–H groups in total. The Morgan fingerprint density at radius 3 is 2.90 bits per heavy atom. The summed E-state index contributed by atoms with van der Waals surface area (Å²) in [6, 6.07) is 0. The third-order valence-corrected chi connectivity index (χ3v) is 3.11. The second-order valence-corrected chi connectivity index (χ2v) is 6.20. The fourth-order valence-corrected chi connectivity index (χ4v) is 2.21. The summed E-state index contributed by atoms with van der Waals surface area (Å²) in [5.74, 6) is -0.167. The number of ether oxygens (including phenoxy) is 3. The van der Waals surface area contributed by atoms with Crippen LogP contribution in [0.3, 0.4) is 0 Å². The number of hydrogen-bond donors (Lipinski definition) is 1. The molecular formula is C13H22N2O5. The first kappa shape index (κ1) is 15.1. The average molecular weight is 286 g/mol. The first-order valence-corrected chi connectivity index (χ1v) is 6.76. The molecule has 114 valence electrons. The fourth-order valence-electron chi connectivity index (χ4n) is 2.21. The molecule has 2 rings (SSSR count). The Bertz CT molecular complexity index is 393. The summed E-state index contributed by atoms with van der Waals surface area (Å²) >= 11 is 0. The van der Waals surface area contributed by atoms with Crippen LogP contribution in [0.1, 0.15) is 20.8 Å². The van der Waals surface area contributed by atoms with Crippen LogP contribution in [-0.4, -0.2) is 67.6 Å². The third-order valence-electron chi connectivity index (χ3n) is 3.11. The molecule has 7 nitrogen and oxygen atoms in total. The molecule has 20 heavy (non-hydrogen) atoms. The van der Waals surface area contributed by atoms with E-state index in [9.17, 15) is 9.59 Å². The van der Waals surface area contributed by atoms with Gasteiger partial charge in [-0.2, -0.15) is 0 Å². The van der Waals surface area contributed by atoms with Crippen LogP contribution in [-0.2, 0) is 19.0 Å². The molecule has 0 aromatic heterocycles. The van der Waals surface area contributed by atoms with Gasteiger partial charge in [-0.25, -0.2) is 4.79 Å². The molecule has 0 aromatic rings. The van der Waals surface area contributed by atoms with Crippen molar-refractivity contribution in [1.29, 1.82) is 0 Å². The quantitative estimate of drug-likeness (QED) is 0.685. The number of morpholine rings is 1. The lowest BCUT2D eigenvalue weighted by molar-refractivity contribution is -0.133. The number of hydrogen-bond acceptors (Lipinski definition) is 5. The molecule has 0 bridgehead atoms. The molecule has 1 atom stereocenters. The Hall–Kier alpha value is -1.34. The second kappa shape index (κ2) is 5.57. The van der Waals surface area contributed by atoms with E-state index in [-0.39, 0.29) is 25.2 Å². The van der Waals surface area contributed by atoms with Gasteiger partial charge in [0, 0.05) is 6.54 Å². The number of nitrogens with one attached hydrogen (secondary N) is 1. The zero-order valence-corrected chi connectivity index (χ0v) is 12.2. The van der Waals surface area contributed by atoms with Crippen LogP contribution in [0.2, 0.25) is 0 Å². The topological polar surface area (TPSA) is 77.1 Å². The van der Waals surface area contributed by atoms with Crippen LogP contribution in [0.5, 0.6) is 0 Å². The summed E-state index contributed by atoms with van der Waals surface area (Å²) < 4.78 is 16.4. The van der Waals surface area contributed by atoms with Gasteiger partial charge in [-0.15, -0.1) is 0 Å². The van der Waals surface area contributed by atoms with Crippen LogP contribution in [0, 0.1) is 0 Å². The predicted molar refractivity (Wildman–Crippen MR) is 70.3 cm³/mol. The number of rotatable bonds is 0. The highest BCUT2D eigenvalue weighted by molar-refractivity contribution is 5.77. The SMILES string of the molecule is CC(C)(C)OC(=O)N1CCOC2(CNC(=O)COC2)C1. The number of carbonyl (C=O) groups excluding carboxylic acids is 2. The average Bonchev–Trinajstić information content (AvgIpc) is 2.51. The van der Waals surface area contributed by atoms with Gasteiger partial charge in [-0.3, -0.25) is 4.79 Å². The van der Waals surface area contributed by atoms with Gasteiger partial charge in [-0.1, -0.05) is 0 Å². The normalized spacial score (nSPS) is 27.9. The van der Waals surface area contributed by atoms with Crippen molar-refractivity contribution >= 4 is 12.0 Å². The molecule has 1 unspecified atom stereocenters. The van der Waals surface area contributed by atoms with Gasteiger partial charge in [0.15, 0.2) is 0 Å². The largest absolute Gasteiger partial charge is 0.444 e. The minimum Gasteiger partial charge on any atom is -0.444 e. The maximum atomic E-state index is 12.1. The van der Waals surface area contributed by atoms with Crippen molar-refractivity contribution in [3.63, 3.8) is 0 Å². The number of carbonyl (C=O) groups is 2. The summed E-state index contributed by atoms with van der Waals surface area (Å²) in [7, 11) is 0. The van der Waals surface area contributed by atoms with Crippen LogP contribution in [0.25, 0.3) is 0 Å². The van der Waals surface area contributed by atoms with Crippen molar-refractivity contribution in [2.75, 3.05) is 39.5 Å². The van der Waals surface area contributed by atoms with Gasteiger partial charge in [-0.05, 0) is 20.8 Å². The van der Waals surface area contributed by atoms with Gasteiger partial charge in [0.25, 0.3) is 0 Å². The molecule has 7 heteroatoms. The van der Waals surface area contributed by atoms with Crippen molar-refractivity contribution in [3.05, 3.63) is 0 Å². The third kappa shape index (κ3) is 3.83. The highest BCUT2D eigenvalue weighted by atomic mass is 16.6. The zero-order valence-electron chi connectivity index (χ0n) is 12.2. The molecule has 2 aliphatic heterocycles. The highest BCUT2D eigenvalue weighted by Gasteiger charge is 2.41. The highest BCUT2D eigenvalue weighted by Crippen LogP contribution is 2.21. The van der Waals surface area contributed by atoms with Crippen molar-refractivity contribution in [2.24, 2.45) is 0 Å². The predicted octanol–water partition coefficient (Wildman–Crippen LogP) is 0.139. The minimum absolute atomic E-state index is 0.0253. The van der Waals surface area contributed by atoms with Crippen LogP contribution in [0.15, 0.2) is 0 Å². The van der Waals surface area contributed by atoms with Crippen LogP contribution < -0.4 is 5.32 Å². The van der Waals surface area contributed by atoms with E-state index in [2.05, 4.69) is 5.32 Å². The van der Waals surface area contributed by atoms with E-state index in [4.69, 9.17) is 14.2 Å². The van der Waals surface area contributed by atoms with Crippen molar-refractivity contribution in [1.82, 2.24) is 10.2 Å². The Morgan fingerprint density at radius 2 is 2.20 bits per heavy atom. The molecule has 0 aliphatic carbocycles. The van der Waals surface area contributed by atoms with Crippen molar-refractivity contribution < 1.29 is 23.8 Å². The van der Waals surface area contributed by atoms with E-state index in [1.54, 1.807) is 4.90 Å². The molecule has 0 aromatic carbocycles. The van der Waals surface area contributed by atoms with E-state index in [1.807, 2.05) is 20.8 Å². The monoisotopic (exact) mass is 286 g/mol. The molecule has 2 heterocycles. The van der Waals surface area contributed by atoms with Crippen LogP contribution in [0.4, 0.5) is 4.79 Å². The Morgan fingerprint density at radius 1 is 1.45 bits per heavy atom. The van der Waals surface area contributed by atoms with Crippen molar-refractivity contribution in [3.8, 4) is 0 Å². The van der Waals surface area contributed by atoms with E-state index >= 15 is 0 Å². The molecule has 1 spiro atoms. The minimum atomic E-state index is -0.679. The molecule has 2 saturated heterocycles. The van der Waals surface area contributed by atoms with Gasteiger partial charge in [0.2, 0.25) is 5.91 Å². The zero-order chi connectivity index (χ0) is 14.8. The summed E-state index contributed by atoms with van der Waals surface area (Å²) in [5.41, 5.74) is -1.21. The Kier molecular flexibility index (Phi) is 4.19. The van der Waals surface area contributed by atoms with Gasteiger partial charge >= 0.3 is 6.09 Å². The molecule has 0 saturated carbocycles. The first-order valence-electron chi connectivity index (χ1n) is 6.76. The van der Waals surface area contributed by atoms with E-state index in [0.717, 1.165) is 0 Å². The van der Waals surface area contributed by atoms with Crippen LogP contribution >= 0.6 is 0 Å². The van der Waals surface area contributed by atoms with Gasteiger partial charge in [0.1, 0.15) is 17.8 Å². The lowest BCUT2D eigenvalue weighted by Crippen LogP contribution is -2.60. The second-order valence-electron chi connectivity index (χ2n) is 6.20. The fraction of sp³-hybridized carbons (Fsp3) is 0.846. The standard InChI is InChI=1S/C13H22N2O5/c1-12(2,3)20-11(17)15-4-5-19-13(8-15)7-14-10(16)6-18-9-13/h4-9H2,1-3H3,(H,14,16). The first-order chi connectivity index (χ1) is 9.30. The molecular weight excluding hydrogens is 264 g/mol. The summed E-state index contributed by atoms with van der Waals surface area (Å²) in [6.45, 7) is 7.36. The molecule has 2 fully saturated rings. The van der Waals surface area contributed by atoms with E-state index in [1.165, 1.54) is 0 Å². The molecule has 2 aliphatic rings. The molecule has 2 amide bonds. The van der Waals surface area contributed by atoms with Gasteiger partial charge < -0.3 is 24.4 Å². The Balaban J connectivity index is 2.00. The number of amides is 2. The summed E-state index contributed by atoms with van der Waals surface area (Å²) in [4.78, 5) is 25.0. The Labute approximate surface area is 118 Å². The maximum absolute atomic E-state index is 12.1. The summed E-state index contributed by atoms with van der Waals surface area (Å²) in [5, 5.41) is 2.75.